The van der Waals surface area contributed by atoms with Crippen LogP contribution in [0.1, 0.15) is 64.6 Å². The van der Waals surface area contributed by atoms with Crippen LogP contribution in [0.4, 0.5) is 5.82 Å². The minimum Gasteiger partial charge on any atom is -0.309 e. The monoisotopic (exact) mass is 263 g/mol. The van der Waals surface area contributed by atoms with Crippen molar-refractivity contribution in [3.05, 3.63) is 17.3 Å². The van der Waals surface area contributed by atoms with E-state index in [0.29, 0.717) is 11.7 Å². The molecule has 106 valence electrons. The van der Waals surface area contributed by atoms with E-state index >= 15 is 0 Å². The third-order valence-corrected chi connectivity index (χ3v) is 3.28. The fourth-order valence-corrected chi connectivity index (χ4v) is 1.94. The summed E-state index contributed by atoms with van der Waals surface area (Å²) in [7, 11) is 0. The molecule has 1 aromatic rings. The van der Waals surface area contributed by atoms with Gasteiger partial charge < -0.3 is 5.32 Å². The zero-order chi connectivity index (χ0) is 14.6. The lowest BCUT2D eigenvalue weighted by atomic mass is 9.93. The van der Waals surface area contributed by atoms with Gasteiger partial charge in [0, 0.05) is 11.0 Å². The van der Waals surface area contributed by atoms with Gasteiger partial charge in [0.15, 0.2) is 5.82 Å². The van der Waals surface area contributed by atoms with Crippen LogP contribution in [0.15, 0.2) is 6.07 Å². The molecule has 1 amide bonds. The number of rotatable bonds is 4. The summed E-state index contributed by atoms with van der Waals surface area (Å²) >= 11 is 0. The molecule has 0 aliphatic rings. The standard InChI is InChI=1S/C15H25N3O/c1-7-11(8-2)12-9-10(3)17-18-13(12)16-14(19)15(4,5)6/h9,11H,7-8H2,1-6H3,(H,16,18,19). The molecular formula is C15H25N3O. The zero-order valence-electron chi connectivity index (χ0n) is 12.9. The van der Waals surface area contributed by atoms with Gasteiger partial charge in [-0.15, -0.1) is 5.10 Å². The van der Waals surface area contributed by atoms with Crippen LogP contribution in [0.25, 0.3) is 0 Å². The average molecular weight is 263 g/mol. The molecule has 0 fully saturated rings. The normalized spacial score (nSPS) is 11.7. The molecule has 0 atom stereocenters. The number of amides is 1. The average Bonchev–Trinajstić information content (AvgIpc) is 2.32. The molecule has 0 radical (unpaired) electrons. The van der Waals surface area contributed by atoms with Gasteiger partial charge >= 0.3 is 0 Å². The second-order valence-electron chi connectivity index (χ2n) is 6.01. The number of hydrogen-bond acceptors (Lipinski definition) is 3. The summed E-state index contributed by atoms with van der Waals surface area (Å²) in [5.41, 5.74) is 1.54. The van der Waals surface area contributed by atoms with E-state index < -0.39 is 5.41 Å². The van der Waals surface area contributed by atoms with E-state index in [9.17, 15) is 4.79 Å². The predicted molar refractivity (Wildman–Crippen MR) is 78.2 cm³/mol. The van der Waals surface area contributed by atoms with Crippen LogP contribution in [0.2, 0.25) is 0 Å². The molecular weight excluding hydrogens is 238 g/mol. The summed E-state index contributed by atoms with van der Waals surface area (Å²) in [5.74, 6) is 0.988. The first-order chi connectivity index (χ1) is 8.79. The maximum absolute atomic E-state index is 12.1. The number of nitrogens with zero attached hydrogens (tertiary/aromatic N) is 2. The summed E-state index contributed by atoms with van der Waals surface area (Å²) in [4.78, 5) is 12.1. The molecule has 0 saturated carbocycles. The first-order valence-electron chi connectivity index (χ1n) is 6.95. The lowest BCUT2D eigenvalue weighted by Crippen LogP contribution is -2.29. The largest absolute Gasteiger partial charge is 0.309 e. The van der Waals surface area contributed by atoms with E-state index in [0.717, 1.165) is 24.1 Å². The Labute approximate surface area is 116 Å². The van der Waals surface area contributed by atoms with Crippen molar-refractivity contribution in [2.75, 3.05) is 5.32 Å². The Hall–Kier alpha value is -1.45. The van der Waals surface area contributed by atoms with Crippen LogP contribution < -0.4 is 5.32 Å². The quantitative estimate of drug-likeness (QED) is 0.901. The van der Waals surface area contributed by atoms with E-state index in [1.165, 1.54) is 0 Å². The van der Waals surface area contributed by atoms with Gasteiger partial charge in [-0.2, -0.15) is 5.10 Å². The summed E-state index contributed by atoms with van der Waals surface area (Å²) in [6, 6.07) is 2.03. The molecule has 0 aromatic carbocycles. The minimum atomic E-state index is -0.433. The Balaban J connectivity index is 3.10. The molecule has 19 heavy (non-hydrogen) atoms. The fraction of sp³-hybridized carbons (Fsp3) is 0.667. The number of carbonyl (C=O) groups is 1. The first-order valence-corrected chi connectivity index (χ1v) is 6.95. The molecule has 0 bridgehead atoms. The van der Waals surface area contributed by atoms with Crippen molar-refractivity contribution in [3.8, 4) is 0 Å². The van der Waals surface area contributed by atoms with E-state index in [4.69, 9.17) is 0 Å². The van der Waals surface area contributed by atoms with Gasteiger partial charge in [0.05, 0.1) is 5.69 Å². The Morgan fingerprint density at radius 1 is 1.26 bits per heavy atom. The third kappa shape index (κ3) is 4.01. The molecule has 0 unspecified atom stereocenters. The van der Waals surface area contributed by atoms with Crippen LogP contribution in [-0.4, -0.2) is 16.1 Å². The van der Waals surface area contributed by atoms with Crippen molar-refractivity contribution >= 4 is 11.7 Å². The topological polar surface area (TPSA) is 54.9 Å². The van der Waals surface area contributed by atoms with E-state index in [1.807, 2.05) is 33.8 Å². The first kappa shape index (κ1) is 15.6. The van der Waals surface area contributed by atoms with Gasteiger partial charge in [-0.3, -0.25) is 4.79 Å². The van der Waals surface area contributed by atoms with Gasteiger partial charge in [-0.1, -0.05) is 34.6 Å². The summed E-state index contributed by atoms with van der Waals surface area (Å²) in [6.07, 6.45) is 2.06. The molecule has 4 heteroatoms. The highest BCUT2D eigenvalue weighted by atomic mass is 16.2. The highest BCUT2D eigenvalue weighted by Crippen LogP contribution is 2.29. The highest BCUT2D eigenvalue weighted by Gasteiger charge is 2.24. The van der Waals surface area contributed by atoms with Crippen molar-refractivity contribution in [1.29, 1.82) is 0 Å². The van der Waals surface area contributed by atoms with Gasteiger partial charge in [0.2, 0.25) is 5.91 Å². The Morgan fingerprint density at radius 3 is 2.32 bits per heavy atom. The van der Waals surface area contributed by atoms with Gasteiger partial charge in [-0.05, 0) is 31.7 Å². The lowest BCUT2D eigenvalue weighted by molar-refractivity contribution is -0.123. The van der Waals surface area contributed by atoms with Crippen LogP contribution >= 0.6 is 0 Å². The third-order valence-electron chi connectivity index (χ3n) is 3.28. The summed E-state index contributed by atoms with van der Waals surface area (Å²) in [5, 5.41) is 11.1. The van der Waals surface area contributed by atoms with E-state index in [-0.39, 0.29) is 5.91 Å². The molecule has 0 aliphatic heterocycles. The predicted octanol–water partition coefficient (Wildman–Crippen LogP) is 3.67. The number of aromatic nitrogens is 2. The zero-order valence-corrected chi connectivity index (χ0v) is 12.9. The van der Waals surface area contributed by atoms with E-state index in [1.54, 1.807) is 0 Å². The van der Waals surface area contributed by atoms with Crippen molar-refractivity contribution in [2.45, 2.75) is 60.3 Å². The highest BCUT2D eigenvalue weighted by molar-refractivity contribution is 5.94. The van der Waals surface area contributed by atoms with Gasteiger partial charge in [0.1, 0.15) is 0 Å². The second kappa shape index (κ2) is 6.13. The molecule has 0 aliphatic carbocycles. The van der Waals surface area contributed by atoms with Crippen LogP contribution in [0.3, 0.4) is 0 Å². The van der Waals surface area contributed by atoms with Crippen LogP contribution in [0.5, 0.6) is 0 Å². The molecule has 4 nitrogen and oxygen atoms in total. The fourth-order valence-electron chi connectivity index (χ4n) is 1.94. The van der Waals surface area contributed by atoms with Crippen LogP contribution in [-0.2, 0) is 4.79 Å². The number of nitrogens with one attached hydrogen (secondary N) is 1. The number of anilines is 1. The molecule has 0 spiro atoms. The molecule has 1 rings (SSSR count). The summed E-state index contributed by atoms with van der Waals surface area (Å²) < 4.78 is 0. The number of hydrogen-bond donors (Lipinski definition) is 1. The smallest absolute Gasteiger partial charge is 0.230 e. The molecule has 0 saturated heterocycles. The van der Waals surface area contributed by atoms with Gasteiger partial charge in [-0.25, -0.2) is 0 Å². The molecule has 1 N–H and O–H groups in total. The maximum Gasteiger partial charge on any atom is 0.230 e. The van der Waals surface area contributed by atoms with Crippen molar-refractivity contribution in [2.24, 2.45) is 5.41 Å². The second-order valence-corrected chi connectivity index (χ2v) is 6.01. The SMILES string of the molecule is CCC(CC)c1cc(C)nnc1NC(=O)C(C)(C)C. The molecule has 1 heterocycles. The van der Waals surface area contributed by atoms with Crippen molar-refractivity contribution in [3.63, 3.8) is 0 Å². The maximum atomic E-state index is 12.1. The van der Waals surface area contributed by atoms with E-state index in [2.05, 4.69) is 29.4 Å². The molecule has 1 aromatic heterocycles. The minimum absolute atomic E-state index is 0.0298. The van der Waals surface area contributed by atoms with Gasteiger partial charge in [0.25, 0.3) is 0 Å². The lowest BCUT2D eigenvalue weighted by Gasteiger charge is -2.21. The van der Waals surface area contributed by atoms with Crippen molar-refractivity contribution in [1.82, 2.24) is 10.2 Å². The van der Waals surface area contributed by atoms with Crippen LogP contribution in [0, 0.1) is 12.3 Å². The summed E-state index contributed by atoms with van der Waals surface area (Å²) in [6.45, 7) is 11.9. The number of aryl methyl sites for hydroxylation is 1. The Bertz CT molecular complexity index is 445. The van der Waals surface area contributed by atoms with Crippen molar-refractivity contribution < 1.29 is 4.79 Å². The Kier molecular flexibility index (Phi) is 5.04. The number of carbonyl (C=O) groups excluding carboxylic acids is 1. The Morgan fingerprint density at radius 2 is 1.84 bits per heavy atom.